The predicted octanol–water partition coefficient (Wildman–Crippen LogP) is -3.71. The number of nitrogens with zero attached hydrogens (tertiary/aromatic N) is 3. The molecular formula is C63H98N18O13S. The van der Waals surface area contributed by atoms with Gasteiger partial charge in [0.25, 0.3) is 0 Å². The fourth-order valence-corrected chi connectivity index (χ4v) is 11.5. The quantitative estimate of drug-likeness (QED) is 0.0173. The normalized spacial score (nSPS) is 16.8. The van der Waals surface area contributed by atoms with Crippen molar-refractivity contribution in [3.63, 3.8) is 0 Å². The maximum atomic E-state index is 14.7. The van der Waals surface area contributed by atoms with E-state index in [-0.39, 0.29) is 83.0 Å². The van der Waals surface area contributed by atoms with Gasteiger partial charge in [-0.05, 0) is 119 Å². The largest absolute Gasteiger partial charge is 0.370 e. The number of primary amides is 3. The lowest BCUT2D eigenvalue weighted by atomic mass is 10.0. The molecule has 2 fully saturated rings. The summed E-state index contributed by atoms with van der Waals surface area (Å²) < 4.78 is 0. The Morgan fingerprint density at radius 2 is 1.01 bits per heavy atom. The molecule has 2 aliphatic rings. The number of aliphatic imine (C=N–C) groups is 1. The molecule has 2 aliphatic heterocycles. The minimum atomic E-state index is -1.64. The Bertz CT molecular complexity index is 2960. The molecule has 0 saturated carbocycles. The molecule has 31 nitrogen and oxygen atoms in total. The Kier molecular flexibility index (Phi) is 33.9. The molecule has 2 aromatic carbocycles. The Morgan fingerprint density at radius 1 is 0.537 bits per heavy atom. The number of hydrogen-bond donors (Lipinski definition) is 15. The number of unbranched alkanes of at least 4 members (excludes halogenated alkanes) is 1. The van der Waals surface area contributed by atoms with Gasteiger partial charge in [-0.3, -0.25) is 67.3 Å². The molecule has 95 heavy (non-hydrogen) atoms. The van der Waals surface area contributed by atoms with Crippen LogP contribution in [0.2, 0.25) is 0 Å². The summed E-state index contributed by atoms with van der Waals surface area (Å²) in [5, 5.41) is 21.1. The highest BCUT2D eigenvalue weighted by molar-refractivity contribution is 7.98. The van der Waals surface area contributed by atoms with Crippen LogP contribution in [0.3, 0.4) is 0 Å². The monoisotopic (exact) mass is 1350 g/mol. The minimum absolute atomic E-state index is 0.0736. The van der Waals surface area contributed by atoms with Gasteiger partial charge in [0.1, 0.15) is 54.4 Å². The molecule has 0 spiro atoms. The van der Waals surface area contributed by atoms with Gasteiger partial charge in [-0.1, -0.05) is 74.5 Å². The number of amides is 13. The SMILES string of the molecule is CSCC[C@H](NC(=O)[C@@H](CC(C)C)NC(=O)CNC(=O)[C@H](Cc1ccccc1)NC(=O)[C@@H](Cc1ccccc1)NC(=O)[C@@H](CCC(N)=O)NC(=O)[C@H](CCC(N)=O)NC(=O)[C@H]1CCCN1C(=O)[C@H](CCCCN)NC(=O)[C@@H]1CCCN1C(=O)[C@@H](N)CCCN=C(N)N)C(N)=O. The lowest BCUT2D eigenvalue weighted by molar-refractivity contribution is -0.144. The molecule has 2 saturated heterocycles. The first-order valence-corrected chi connectivity index (χ1v) is 33.6. The number of nitrogens with two attached hydrogens (primary N) is 7. The average Bonchev–Trinajstić information content (AvgIpc) is 1.74. The Balaban J connectivity index is 1.56. The predicted molar refractivity (Wildman–Crippen MR) is 356 cm³/mol. The lowest BCUT2D eigenvalue weighted by Gasteiger charge is -2.32. The first kappa shape index (κ1) is 78.5. The number of carbonyl (C=O) groups excluding carboxylic acids is 13. The standard InChI is InChI=1S/C63H98N18O13S/c1-37(2)33-45(57(89)74-41(53(68)85)27-32-95-3)73-52(84)36-72-54(86)46(34-38-15-6-4-7-16-38)78-58(90)47(35-39-17-8-5-9-18-39)79-56(88)42(23-25-50(66)82)75-55(87)43(24-26-51(67)83)76-59(91)49-22-14-31-81(49)62(94)44(20-10-11-28-64)77-60(92)48-21-13-30-80(48)61(93)40(65)19-12-29-71-63(69)70/h4-9,15-18,37,40-49H,10-14,19-36,64-65H2,1-3H3,(H2,66,82)(H2,67,83)(H2,68,85)(H,72,86)(H,73,84)(H,74,89)(H,75,87)(H,76,91)(H,77,92)(H,78,90)(H,79,88)(H4,69,70,71)/t40-,41-,42+,43-,44-,45+,46-,47+,48-,49+/m0/s1. The van der Waals surface area contributed by atoms with Gasteiger partial charge in [0.05, 0.1) is 12.6 Å². The zero-order valence-electron chi connectivity index (χ0n) is 54.5. The first-order valence-electron chi connectivity index (χ1n) is 32.2. The van der Waals surface area contributed by atoms with Gasteiger partial charge in [-0.15, -0.1) is 0 Å². The van der Waals surface area contributed by atoms with E-state index in [2.05, 4.69) is 47.5 Å². The molecule has 32 heteroatoms. The summed E-state index contributed by atoms with van der Waals surface area (Å²) in [7, 11) is 0. The highest BCUT2D eigenvalue weighted by atomic mass is 32.2. The summed E-state index contributed by atoms with van der Waals surface area (Å²) in [5.41, 5.74) is 40.6. The van der Waals surface area contributed by atoms with Gasteiger partial charge in [-0.2, -0.15) is 11.8 Å². The van der Waals surface area contributed by atoms with E-state index in [1.54, 1.807) is 60.7 Å². The Labute approximate surface area is 558 Å². The number of nitrogens with one attached hydrogen (secondary N) is 8. The third-order valence-corrected chi connectivity index (χ3v) is 16.7. The average molecular weight is 1350 g/mol. The molecule has 0 unspecified atom stereocenters. The van der Waals surface area contributed by atoms with Crippen LogP contribution in [0.25, 0.3) is 0 Å². The van der Waals surface area contributed by atoms with Gasteiger partial charge in [0.2, 0.25) is 76.8 Å². The maximum Gasteiger partial charge on any atom is 0.245 e. The van der Waals surface area contributed by atoms with E-state index in [1.807, 2.05) is 20.1 Å². The summed E-state index contributed by atoms with van der Waals surface area (Å²) in [4.78, 5) is 185. The molecule has 2 heterocycles. The number of benzene rings is 2. The van der Waals surface area contributed by atoms with E-state index in [0.29, 0.717) is 55.4 Å². The molecule has 0 bridgehead atoms. The third kappa shape index (κ3) is 27.5. The lowest BCUT2D eigenvalue weighted by Crippen LogP contribution is -2.60. The van der Waals surface area contributed by atoms with E-state index in [0.717, 1.165) is 0 Å². The molecule has 4 rings (SSSR count). The Morgan fingerprint density at radius 3 is 1.51 bits per heavy atom. The van der Waals surface area contributed by atoms with Gasteiger partial charge >= 0.3 is 0 Å². The van der Waals surface area contributed by atoms with Crippen LogP contribution in [0.15, 0.2) is 65.7 Å². The fraction of sp³-hybridized carbons (Fsp3) is 0.587. The van der Waals surface area contributed by atoms with Crippen LogP contribution < -0.4 is 82.7 Å². The van der Waals surface area contributed by atoms with Crippen molar-refractivity contribution in [3.8, 4) is 0 Å². The van der Waals surface area contributed by atoms with Crippen LogP contribution in [-0.2, 0) is 75.2 Å². The number of thioether (sulfide) groups is 1. The van der Waals surface area contributed by atoms with E-state index in [1.165, 1.54) is 21.6 Å². The van der Waals surface area contributed by atoms with Gasteiger partial charge in [0.15, 0.2) is 5.96 Å². The molecule has 0 aliphatic carbocycles. The first-order chi connectivity index (χ1) is 45.2. The van der Waals surface area contributed by atoms with Crippen LogP contribution in [-0.4, -0.2) is 198 Å². The van der Waals surface area contributed by atoms with Crippen LogP contribution >= 0.6 is 11.8 Å². The molecule has 13 amide bonds. The topological polar surface area (TPSA) is 519 Å². The third-order valence-electron chi connectivity index (χ3n) is 16.0. The number of hydrogen-bond acceptors (Lipinski definition) is 17. The van der Waals surface area contributed by atoms with Crippen molar-refractivity contribution in [2.45, 2.75) is 183 Å². The zero-order chi connectivity index (χ0) is 70.1. The van der Waals surface area contributed by atoms with Crippen molar-refractivity contribution in [2.75, 3.05) is 44.7 Å². The van der Waals surface area contributed by atoms with Crippen molar-refractivity contribution < 1.29 is 62.3 Å². The van der Waals surface area contributed by atoms with Crippen LogP contribution in [0, 0.1) is 5.92 Å². The molecule has 22 N–H and O–H groups in total. The summed E-state index contributed by atoms with van der Waals surface area (Å²) in [6.45, 7) is 3.86. The van der Waals surface area contributed by atoms with Crippen LogP contribution in [0.5, 0.6) is 0 Å². The van der Waals surface area contributed by atoms with Crippen molar-refractivity contribution in [1.82, 2.24) is 52.3 Å². The minimum Gasteiger partial charge on any atom is -0.370 e. The van der Waals surface area contributed by atoms with Crippen molar-refractivity contribution >= 4 is 94.5 Å². The summed E-state index contributed by atoms with van der Waals surface area (Å²) >= 11 is 1.45. The molecule has 0 aromatic heterocycles. The highest BCUT2D eigenvalue weighted by Crippen LogP contribution is 2.24. The molecule has 10 atom stereocenters. The molecule has 0 radical (unpaired) electrons. The maximum absolute atomic E-state index is 14.7. The van der Waals surface area contributed by atoms with Crippen molar-refractivity contribution in [2.24, 2.45) is 51.0 Å². The summed E-state index contributed by atoms with van der Waals surface area (Å²) in [5.74, 6) is -9.80. The molecule has 2 aromatic rings. The smallest absolute Gasteiger partial charge is 0.245 e. The Hall–Kier alpha value is -8.91. The highest BCUT2D eigenvalue weighted by Gasteiger charge is 2.42. The second-order valence-electron chi connectivity index (χ2n) is 24.1. The van der Waals surface area contributed by atoms with Gasteiger partial charge in [-0.25, -0.2) is 0 Å². The van der Waals surface area contributed by atoms with Crippen LogP contribution in [0.4, 0.5) is 0 Å². The second-order valence-corrected chi connectivity index (χ2v) is 25.1. The van der Waals surface area contributed by atoms with Gasteiger partial charge < -0.3 is 92.5 Å². The number of rotatable bonds is 42. The molecular weight excluding hydrogens is 1250 g/mol. The number of guanidine groups is 1. The van der Waals surface area contributed by atoms with E-state index in [9.17, 15) is 62.3 Å². The number of likely N-dealkylation sites (tertiary alicyclic amines) is 2. The van der Waals surface area contributed by atoms with E-state index < -0.39 is 169 Å². The number of carbonyl (C=O) groups is 13. The fourth-order valence-electron chi connectivity index (χ4n) is 11.0. The van der Waals surface area contributed by atoms with Crippen molar-refractivity contribution in [1.29, 1.82) is 0 Å². The summed E-state index contributed by atoms with van der Waals surface area (Å²) in [6, 6.07) is 4.51. The summed E-state index contributed by atoms with van der Waals surface area (Å²) in [6.07, 6.45) is 3.12. The van der Waals surface area contributed by atoms with Crippen molar-refractivity contribution in [3.05, 3.63) is 71.8 Å². The van der Waals surface area contributed by atoms with E-state index >= 15 is 0 Å². The molecule has 524 valence electrons. The van der Waals surface area contributed by atoms with Crippen LogP contribution in [0.1, 0.15) is 121 Å². The van der Waals surface area contributed by atoms with E-state index in [4.69, 9.17) is 40.1 Å². The van der Waals surface area contributed by atoms with Gasteiger partial charge in [0, 0.05) is 45.3 Å². The zero-order valence-corrected chi connectivity index (χ0v) is 55.3. The second kappa shape index (κ2) is 41.0.